The Bertz CT molecular complexity index is 916. The maximum absolute atomic E-state index is 13.3. The van der Waals surface area contributed by atoms with Crippen molar-refractivity contribution in [3.05, 3.63) is 45.9 Å². The van der Waals surface area contributed by atoms with E-state index in [1.165, 1.54) is 38.5 Å². The van der Waals surface area contributed by atoms with Gasteiger partial charge < -0.3 is 4.74 Å². The van der Waals surface area contributed by atoms with Crippen LogP contribution in [0.2, 0.25) is 0 Å². The van der Waals surface area contributed by atoms with Gasteiger partial charge >= 0.3 is 0 Å². The zero-order chi connectivity index (χ0) is 20.4. The number of aryl methyl sites for hydroxylation is 1. The van der Waals surface area contributed by atoms with Crippen LogP contribution in [0.15, 0.2) is 29.1 Å². The first-order chi connectivity index (χ1) is 14.1. The van der Waals surface area contributed by atoms with E-state index in [1.807, 2.05) is 36.6 Å². The number of anilines is 2. The zero-order valence-electron chi connectivity index (χ0n) is 17.9. The number of fused-ring (bicyclic) bond motifs is 1. The van der Waals surface area contributed by atoms with Crippen LogP contribution in [0.4, 0.5) is 11.6 Å². The molecule has 4 rings (SSSR count). The molecule has 0 saturated heterocycles. The third kappa shape index (κ3) is 3.78. The van der Waals surface area contributed by atoms with Crippen molar-refractivity contribution in [3.8, 4) is 5.75 Å². The largest absolute Gasteiger partial charge is 0.495 e. The van der Waals surface area contributed by atoms with Gasteiger partial charge in [0, 0.05) is 17.3 Å². The van der Waals surface area contributed by atoms with Gasteiger partial charge in [0.2, 0.25) is 5.95 Å². The van der Waals surface area contributed by atoms with E-state index in [0.29, 0.717) is 19.1 Å². The standard InChI is InChI=1S/C23H32N4O2/c1-4-19-17(2)24-23-26(20-13-9-10-14-21(20)29-3)15-25(16-27(23)22(19)28)18-11-7-5-6-8-12-18/h9-10,13-14,18H,4-8,11-12,15-16H2,1-3H3. The van der Waals surface area contributed by atoms with Gasteiger partial charge in [0.15, 0.2) is 0 Å². The van der Waals surface area contributed by atoms with E-state index in [9.17, 15) is 4.79 Å². The molecule has 6 heteroatoms. The molecule has 1 fully saturated rings. The number of aromatic nitrogens is 2. The quantitative estimate of drug-likeness (QED) is 0.725. The second kappa shape index (κ2) is 8.57. The normalized spacial score (nSPS) is 18.4. The molecule has 0 bridgehead atoms. The molecule has 2 heterocycles. The van der Waals surface area contributed by atoms with Crippen LogP contribution in [0.3, 0.4) is 0 Å². The smallest absolute Gasteiger partial charge is 0.259 e. The summed E-state index contributed by atoms with van der Waals surface area (Å²) >= 11 is 0. The van der Waals surface area contributed by atoms with Crippen molar-refractivity contribution in [2.45, 2.75) is 71.5 Å². The summed E-state index contributed by atoms with van der Waals surface area (Å²) < 4.78 is 7.51. The molecule has 0 radical (unpaired) electrons. The number of ether oxygens (including phenoxy) is 1. The van der Waals surface area contributed by atoms with Crippen LogP contribution in [0.5, 0.6) is 5.75 Å². The number of rotatable bonds is 4. The number of methoxy groups -OCH3 is 1. The highest BCUT2D eigenvalue weighted by atomic mass is 16.5. The topological polar surface area (TPSA) is 50.6 Å². The van der Waals surface area contributed by atoms with Crippen molar-refractivity contribution in [3.63, 3.8) is 0 Å². The van der Waals surface area contributed by atoms with Crippen LogP contribution in [0.1, 0.15) is 56.7 Å². The lowest BCUT2D eigenvalue weighted by Gasteiger charge is -2.42. The van der Waals surface area contributed by atoms with Gasteiger partial charge in [-0.15, -0.1) is 0 Å². The van der Waals surface area contributed by atoms with Crippen molar-refractivity contribution in [1.82, 2.24) is 14.5 Å². The number of hydrogen-bond donors (Lipinski definition) is 0. The van der Waals surface area contributed by atoms with Gasteiger partial charge in [-0.3, -0.25) is 19.2 Å². The lowest BCUT2D eigenvalue weighted by Crippen LogP contribution is -2.51. The molecule has 0 atom stereocenters. The second-order valence-corrected chi connectivity index (χ2v) is 8.18. The third-order valence-electron chi connectivity index (χ3n) is 6.41. The van der Waals surface area contributed by atoms with Gasteiger partial charge in [-0.05, 0) is 38.3 Å². The molecule has 0 spiro atoms. The Morgan fingerprint density at radius 2 is 1.83 bits per heavy atom. The average molecular weight is 397 g/mol. The van der Waals surface area contributed by atoms with E-state index in [0.717, 1.165) is 35.3 Å². The summed E-state index contributed by atoms with van der Waals surface area (Å²) in [6.07, 6.45) is 8.27. The molecule has 1 aliphatic heterocycles. The fourth-order valence-electron chi connectivity index (χ4n) is 4.79. The van der Waals surface area contributed by atoms with Crippen LogP contribution >= 0.6 is 0 Å². The van der Waals surface area contributed by atoms with E-state index < -0.39 is 0 Å². The third-order valence-corrected chi connectivity index (χ3v) is 6.41. The summed E-state index contributed by atoms with van der Waals surface area (Å²) in [4.78, 5) is 22.8. The molecular weight excluding hydrogens is 364 g/mol. The molecule has 6 nitrogen and oxygen atoms in total. The van der Waals surface area contributed by atoms with E-state index in [4.69, 9.17) is 9.72 Å². The van der Waals surface area contributed by atoms with Gasteiger partial charge in [0.05, 0.1) is 26.1 Å². The molecule has 1 saturated carbocycles. The summed E-state index contributed by atoms with van der Waals surface area (Å²) in [6.45, 7) is 5.31. The first kappa shape index (κ1) is 20.0. The molecule has 1 aromatic heterocycles. The van der Waals surface area contributed by atoms with E-state index in [2.05, 4.69) is 15.9 Å². The van der Waals surface area contributed by atoms with Gasteiger partial charge in [-0.2, -0.15) is 0 Å². The van der Waals surface area contributed by atoms with Crippen LogP contribution < -0.4 is 15.2 Å². The van der Waals surface area contributed by atoms with Gasteiger partial charge in [0.1, 0.15) is 5.75 Å². The van der Waals surface area contributed by atoms with Crippen molar-refractivity contribution in [2.24, 2.45) is 0 Å². The van der Waals surface area contributed by atoms with Crippen LogP contribution in [0, 0.1) is 6.92 Å². The maximum Gasteiger partial charge on any atom is 0.259 e. The Labute approximate surface area is 173 Å². The highest BCUT2D eigenvalue weighted by Gasteiger charge is 2.32. The van der Waals surface area contributed by atoms with Crippen LogP contribution in [-0.2, 0) is 13.1 Å². The van der Waals surface area contributed by atoms with Gasteiger partial charge in [0.25, 0.3) is 5.56 Å². The lowest BCUT2D eigenvalue weighted by atomic mass is 10.1. The summed E-state index contributed by atoms with van der Waals surface area (Å²) in [5.74, 6) is 1.52. The minimum Gasteiger partial charge on any atom is -0.495 e. The molecule has 29 heavy (non-hydrogen) atoms. The Morgan fingerprint density at radius 1 is 1.10 bits per heavy atom. The Hall–Kier alpha value is -2.34. The molecule has 1 aromatic carbocycles. The van der Waals surface area contributed by atoms with Crippen LogP contribution in [-0.4, -0.2) is 34.3 Å². The van der Waals surface area contributed by atoms with Crippen molar-refractivity contribution < 1.29 is 4.74 Å². The number of hydrogen-bond acceptors (Lipinski definition) is 5. The highest BCUT2D eigenvalue weighted by molar-refractivity contribution is 5.66. The fraction of sp³-hybridized carbons (Fsp3) is 0.565. The minimum atomic E-state index is 0.0909. The van der Waals surface area contributed by atoms with E-state index >= 15 is 0 Å². The summed E-state index contributed by atoms with van der Waals surface area (Å²) in [6, 6.07) is 8.51. The van der Waals surface area contributed by atoms with Crippen molar-refractivity contribution >= 4 is 11.6 Å². The van der Waals surface area contributed by atoms with E-state index in [-0.39, 0.29) is 5.56 Å². The predicted octanol–water partition coefficient (Wildman–Crippen LogP) is 4.21. The molecule has 1 aliphatic carbocycles. The zero-order valence-corrected chi connectivity index (χ0v) is 17.9. The van der Waals surface area contributed by atoms with E-state index in [1.54, 1.807) is 7.11 Å². The summed E-state index contributed by atoms with van der Waals surface area (Å²) in [7, 11) is 1.69. The van der Waals surface area contributed by atoms with Crippen molar-refractivity contribution in [2.75, 3.05) is 18.7 Å². The SMILES string of the molecule is CCc1c(C)nc2n(c1=O)CN(C1CCCCCC1)CN2c1ccccc1OC. The van der Waals surface area contributed by atoms with Gasteiger partial charge in [-0.1, -0.05) is 44.7 Å². The first-order valence-corrected chi connectivity index (χ1v) is 10.9. The molecule has 156 valence electrons. The maximum atomic E-state index is 13.3. The van der Waals surface area contributed by atoms with Crippen molar-refractivity contribution in [1.29, 1.82) is 0 Å². The Balaban J connectivity index is 1.82. The molecule has 2 aromatic rings. The van der Waals surface area contributed by atoms with Gasteiger partial charge in [-0.25, -0.2) is 4.98 Å². The molecule has 2 aliphatic rings. The lowest BCUT2D eigenvalue weighted by molar-refractivity contribution is 0.123. The number of benzene rings is 1. The fourth-order valence-corrected chi connectivity index (χ4v) is 4.79. The number of nitrogens with zero attached hydrogens (tertiary/aromatic N) is 4. The Morgan fingerprint density at radius 3 is 2.52 bits per heavy atom. The predicted molar refractivity (Wildman–Crippen MR) is 116 cm³/mol. The molecule has 0 amide bonds. The van der Waals surface area contributed by atoms with Crippen LogP contribution in [0.25, 0.3) is 0 Å². The average Bonchev–Trinajstić information content (AvgIpc) is 3.03. The summed E-state index contributed by atoms with van der Waals surface area (Å²) in [5.41, 5.74) is 2.69. The number of para-hydroxylation sites is 2. The Kier molecular flexibility index (Phi) is 5.90. The molecular formula is C23H32N4O2. The summed E-state index contributed by atoms with van der Waals surface area (Å²) in [5, 5.41) is 0. The first-order valence-electron chi connectivity index (χ1n) is 10.9. The monoisotopic (exact) mass is 396 g/mol. The highest BCUT2D eigenvalue weighted by Crippen LogP contribution is 2.36. The minimum absolute atomic E-state index is 0.0909. The molecule has 0 N–H and O–H groups in total. The second-order valence-electron chi connectivity index (χ2n) is 8.18. The molecule has 0 unspecified atom stereocenters.